The molecule has 0 aliphatic heterocycles. The molecule has 1 fully saturated rings. The third-order valence-electron chi connectivity index (χ3n) is 3.41. The summed E-state index contributed by atoms with van der Waals surface area (Å²) < 4.78 is 2.11. The van der Waals surface area contributed by atoms with E-state index in [2.05, 4.69) is 21.7 Å². The van der Waals surface area contributed by atoms with Crippen LogP contribution >= 0.6 is 11.6 Å². The first-order valence-electron chi connectivity index (χ1n) is 6.91. The molecule has 1 aliphatic carbocycles. The summed E-state index contributed by atoms with van der Waals surface area (Å²) in [5, 5.41) is 8.74. The van der Waals surface area contributed by atoms with Gasteiger partial charge in [0.05, 0.1) is 0 Å². The zero-order valence-electron chi connectivity index (χ0n) is 10.7. The Labute approximate surface area is 109 Å². The molecule has 1 aromatic rings. The Hall–Kier alpha value is -0.570. The van der Waals surface area contributed by atoms with Crippen LogP contribution in [0.1, 0.15) is 70.0 Å². The van der Waals surface area contributed by atoms with E-state index >= 15 is 0 Å². The van der Waals surface area contributed by atoms with Crippen molar-refractivity contribution in [3.63, 3.8) is 0 Å². The van der Waals surface area contributed by atoms with Crippen LogP contribution in [0.3, 0.4) is 0 Å². The molecule has 1 aliphatic rings. The Morgan fingerprint density at radius 1 is 1.12 bits per heavy atom. The maximum absolute atomic E-state index is 6.07. The summed E-state index contributed by atoms with van der Waals surface area (Å²) in [7, 11) is 0. The minimum Gasteiger partial charge on any atom is -0.302 e. The molecule has 1 heterocycles. The van der Waals surface area contributed by atoms with Crippen molar-refractivity contribution in [3.8, 4) is 0 Å². The van der Waals surface area contributed by atoms with E-state index in [1.165, 1.54) is 51.4 Å². The summed E-state index contributed by atoms with van der Waals surface area (Å²) in [6, 6.07) is 0. The molecule has 4 heteroatoms. The van der Waals surface area contributed by atoms with Crippen LogP contribution in [0.25, 0.3) is 0 Å². The van der Waals surface area contributed by atoms with Gasteiger partial charge in [0.25, 0.3) is 0 Å². The summed E-state index contributed by atoms with van der Waals surface area (Å²) in [5.41, 5.74) is 0. The van der Waals surface area contributed by atoms with Crippen LogP contribution in [0.2, 0.25) is 5.28 Å². The van der Waals surface area contributed by atoms with Crippen molar-refractivity contribution in [1.82, 2.24) is 14.8 Å². The fourth-order valence-corrected chi connectivity index (χ4v) is 2.40. The summed E-state index contributed by atoms with van der Waals surface area (Å²) in [5.74, 6) is 1.75. The first-order chi connectivity index (χ1) is 8.33. The average Bonchev–Trinajstić information content (AvgIpc) is 3.10. The van der Waals surface area contributed by atoms with E-state index < -0.39 is 0 Å². The number of unbranched alkanes of at least 4 members (excludes halogenated alkanes) is 5. The topological polar surface area (TPSA) is 30.7 Å². The second-order valence-corrected chi connectivity index (χ2v) is 5.36. The molecule has 0 aromatic carbocycles. The largest absolute Gasteiger partial charge is 0.302 e. The van der Waals surface area contributed by atoms with Crippen molar-refractivity contribution in [3.05, 3.63) is 11.1 Å². The van der Waals surface area contributed by atoms with Crippen LogP contribution in [0.4, 0.5) is 0 Å². The molecule has 0 saturated heterocycles. The standard InChI is InChI=1S/C13H22ClN3/c1-2-3-4-5-6-7-10-17-12(11-8-9-11)15-16-13(17)14/h11H,2-10H2,1H3. The van der Waals surface area contributed by atoms with Gasteiger partial charge in [-0.25, -0.2) is 0 Å². The normalized spacial score (nSPS) is 15.4. The van der Waals surface area contributed by atoms with E-state index in [0.717, 1.165) is 12.4 Å². The molecule has 1 saturated carbocycles. The van der Waals surface area contributed by atoms with E-state index in [1.54, 1.807) is 0 Å². The molecule has 0 amide bonds. The van der Waals surface area contributed by atoms with E-state index in [4.69, 9.17) is 11.6 Å². The Morgan fingerprint density at radius 2 is 1.82 bits per heavy atom. The molecular formula is C13H22ClN3. The Balaban J connectivity index is 1.72. The minimum atomic E-state index is 0.570. The van der Waals surface area contributed by atoms with Gasteiger partial charge in [-0.1, -0.05) is 39.0 Å². The van der Waals surface area contributed by atoms with Gasteiger partial charge in [-0.15, -0.1) is 10.2 Å². The van der Waals surface area contributed by atoms with Crippen LogP contribution in [-0.4, -0.2) is 14.8 Å². The van der Waals surface area contributed by atoms with Gasteiger partial charge in [-0.3, -0.25) is 0 Å². The van der Waals surface area contributed by atoms with Crippen LogP contribution in [0.15, 0.2) is 0 Å². The van der Waals surface area contributed by atoms with E-state index in [0.29, 0.717) is 11.2 Å². The highest BCUT2D eigenvalue weighted by Gasteiger charge is 2.29. The van der Waals surface area contributed by atoms with Crippen LogP contribution in [-0.2, 0) is 6.54 Å². The maximum Gasteiger partial charge on any atom is 0.225 e. The van der Waals surface area contributed by atoms with Crippen molar-refractivity contribution in [2.24, 2.45) is 0 Å². The number of hydrogen-bond acceptors (Lipinski definition) is 2. The summed E-state index contributed by atoms with van der Waals surface area (Å²) in [6.45, 7) is 3.24. The van der Waals surface area contributed by atoms with Gasteiger partial charge in [-0.2, -0.15) is 0 Å². The number of hydrogen-bond donors (Lipinski definition) is 0. The Bertz CT molecular complexity index is 344. The van der Waals surface area contributed by atoms with Gasteiger partial charge in [0, 0.05) is 12.5 Å². The average molecular weight is 256 g/mol. The minimum absolute atomic E-state index is 0.570. The fourth-order valence-electron chi connectivity index (χ4n) is 2.20. The summed E-state index contributed by atoms with van der Waals surface area (Å²) in [4.78, 5) is 0. The van der Waals surface area contributed by atoms with E-state index in [-0.39, 0.29) is 0 Å². The second-order valence-electron chi connectivity index (χ2n) is 5.02. The predicted molar refractivity (Wildman–Crippen MR) is 70.4 cm³/mol. The van der Waals surface area contributed by atoms with Crippen molar-refractivity contribution >= 4 is 11.6 Å². The number of aromatic nitrogens is 3. The van der Waals surface area contributed by atoms with Gasteiger partial charge in [0.1, 0.15) is 5.82 Å². The highest BCUT2D eigenvalue weighted by molar-refractivity contribution is 6.28. The smallest absolute Gasteiger partial charge is 0.225 e. The lowest BCUT2D eigenvalue weighted by Gasteiger charge is -2.06. The molecule has 17 heavy (non-hydrogen) atoms. The van der Waals surface area contributed by atoms with Crippen molar-refractivity contribution in [1.29, 1.82) is 0 Å². The molecule has 3 nitrogen and oxygen atoms in total. The van der Waals surface area contributed by atoms with Gasteiger partial charge in [0.2, 0.25) is 5.28 Å². The lowest BCUT2D eigenvalue weighted by Crippen LogP contribution is -2.03. The quantitative estimate of drug-likeness (QED) is 0.653. The van der Waals surface area contributed by atoms with E-state index in [9.17, 15) is 0 Å². The fraction of sp³-hybridized carbons (Fsp3) is 0.846. The third kappa shape index (κ3) is 3.70. The van der Waals surface area contributed by atoms with Gasteiger partial charge >= 0.3 is 0 Å². The van der Waals surface area contributed by atoms with Crippen molar-refractivity contribution in [2.45, 2.75) is 70.8 Å². The van der Waals surface area contributed by atoms with Crippen LogP contribution in [0, 0.1) is 0 Å². The van der Waals surface area contributed by atoms with Gasteiger partial charge in [0.15, 0.2) is 0 Å². The lowest BCUT2D eigenvalue weighted by molar-refractivity contribution is 0.546. The summed E-state index contributed by atoms with van der Waals surface area (Å²) in [6.07, 6.45) is 10.4. The van der Waals surface area contributed by atoms with Crippen LogP contribution in [0.5, 0.6) is 0 Å². The molecular weight excluding hydrogens is 234 g/mol. The van der Waals surface area contributed by atoms with Gasteiger partial charge in [-0.05, 0) is 30.9 Å². The highest BCUT2D eigenvalue weighted by atomic mass is 35.5. The second kappa shape index (κ2) is 6.39. The monoisotopic (exact) mass is 255 g/mol. The summed E-state index contributed by atoms with van der Waals surface area (Å²) >= 11 is 6.07. The zero-order chi connectivity index (χ0) is 12.1. The number of halogens is 1. The number of nitrogens with zero attached hydrogens (tertiary/aromatic N) is 3. The SMILES string of the molecule is CCCCCCCCn1c(Cl)nnc1C1CC1. The molecule has 0 unspecified atom stereocenters. The molecule has 0 N–H and O–H groups in total. The highest BCUT2D eigenvalue weighted by Crippen LogP contribution is 2.39. The molecule has 0 radical (unpaired) electrons. The van der Waals surface area contributed by atoms with Crippen molar-refractivity contribution < 1.29 is 0 Å². The molecule has 0 bridgehead atoms. The molecule has 1 aromatic heterocycles. The van der Waals surface area contributed by atoms with Crippen LogP contribution < -0.4 is 0 Å². The molecule has 0 atom stereocenters. The molecule has 2 rings (SSSR count). The third-order valence-corrected chi connectivity index (χ3v) is 3.69. The zero-order valence-corrected chi connectivity index (χ0v) is 11.4. The van der Waals surface area contributed by atoms with Crippen molar-refractivity contribution in [2.75, 3.05) is 0 Å². The molecule has 0 spiro atoms. The first kappa shape index (κ1) is 12.9. The predicted octanol–water partition coefficient (Wildman–Crippen LogP) is 4.17. The lowest BCUT2D eigenvalue weighted by atomic mass is 10.1. The first-order valence-corrected chi connectivity index (χ1v) is 7.29. The van der Waals surface area contributed by atoms with Gasteiger partial charge < -0.3 is 4.57 Å². The Kier molecular flexibility index (Phi) is 4.84. The number of rotatable bonds is 8. The van der Waals surface area contributed by atoms with E-state index in [1.807, 2.05) is 0 Å². The maximum atomic E-state index is 6.07. The molecule has 96 valence electrons. The Morgan fingerprint density at radius 3 is 2.53 bits per heavy atom.